The zero-order valence-electron chi connectivity index (χ0n) is 28.0. The van der Waals surface area contributed by atoms with Crippen molar-refractivity contribution in [1.82, 2.24) is 0 Å². The van der Waals surface area contributed by atoms with Crippen LogP contribution >= 0.6 is 0 Å². The van der Waals surface area contributed by atoms with Crippen molar-refractivity contribution in [3.05, 3.63) is 158 Å². The molecule has 0 saturated heterocycles. The highest BCUT2D eigenvalue weighted by Crippen LogP contribution is 2.46. The molecule has 1 heteroatoms. The summed E-state index contributed by atoms with van der Waals surface area (Å²) in [6, 6.07) is 42.4. The second kappa shape index (κ2) is 9.44. The van der Waals surface area contributed by atoms with Crippen LogP contribution in [0, 0.1) is 0 Å². The molecule has 1 heterocycles. The van der Waals surface area contributed by atoms with Gasteiger partial charge in [-0.05, 0) is 90.0 Å². The third-order valence-electron chi connectivity index (χ3n) is 8.54. The van der Waals surface area contributed by atoms with Crippen LogP contribution in [0.4, 0.5) is 0 Å². The number of hydrogen-bond acceptors (Lipinski definition) is 1. The van der Waals surface area contributed by atoms with Crippen molar-refractivity contribution in [3.8, 4) is 33.4 Å². The van der Waals surface area contributed by atoms with Crippen molar-refractivity contribution < 1.29 is 11.3 Å². The lowest BCUT2D eigenvalue weighted by molar-refractivity contribution is 0.669. The fraction of sp³-hybridized carbons (Fsp3) is 0. The maximum absolute atomic E-state index is 8.48. The number of rotatable bonds is 3. The minimum absolute atomic E-state index is 0.179. The molecule has 0 fully saturated rings. The number of furan rings is 1. The van der Waals surface area contributed by atoms with Gasteiger partial charge in [0.05, 0.1) is 6.85 Å². The monoisotopic (exact) mass is 551 g/mol. The predicted octanol–water partition coefficient (Wildman–Crippen LogP) is 12.0. The molecule has 0 radical (unpaired) electrons. The van der Waals surface area contributed by atoms with Gasteiger partial charge in [-0.1, -0.05) is 133 Å². The van der Waals surface area contributed by atoms with Gasteiger partial charge in [0, 0.05) is 10.8 Å². The first kappa shape index (κ1) is 19.5. The van der Waals surface area contributed by atoms with E-state index in [1.54, 1.807) is 6.07 Å². The van der Waals surface area contributed by atoms with E-state index in [4.69, 9.17) is 11.3 Å². The molecule has 0 N–H and O–H groups in total. The third kappa shape index (κ3) is 3.72. The van der Waals surface area contributed by atoms with Crippen LogP contribution in [-0.2, 0) is 0 Å². The molecule has 9 rings (SSSR count). The van der Waals surface area contributed by atoms with E-state index < -0.39 is 6.04 Å². The van der Waals surface area contributed by atoms with Gasteiger partial charge in [-0.3, -0.25) is 0 Å². The summed E-state index contributed by atoms with van der Waals surface area (Å²) in [6.45, 7) is 0. The molecule has 1 aromatic heterocycles. The summed E-state index contributed by atoms with van der Waals surface area (Å²) in [5.41, 5.74) is 6.69. The van der Waals surface area contributed by atoms with Gasteiger partial charge in [0.1, 0.15) is 11.2 Å². The average molecular weight is 552 g/mol. The van der Waals surface area contributed by atoms with Crippen LogP contribution in [0.1, 0.15) is 6.85 Å². The zero-order valence-corrected chi connectivity index (χ0v) is 23.0. The van der Waals surface area contributed by atoms with E-state index in [-0.39, 0.29) is 29.7 Å². The van der Waals surface area contributed by atoms with Gasteiger partial charge in [0.25, 0.3) is 0 Å². The van der Waals surface area contributed by atoms with Crippen molar-refractivity contribution in [2.45, 2.75) is 0 Å². The van der Waals surface area contributed by atoms with Crippen LogP contribution in [0.2, 0.25) is 0 Å². The topological polar surface area (TPSA) is 13.1 Å². The Morgan fingerprint density at radius 2 is 1.02 bits per heavy atom. The summed E-state index contributed by atoms with van der Waals surface area (Å²) in [4.78, 5) is 0. The minimum atomic E-state index is -0.402. The summed E-state index contributed by atoms with van der Waals surface area (Å²) >= 11 is 0. The summed E-state index contributed by atoms with van der Waals surface area (Å²) in [5.74, 6) is 0. The molecule has 0 bridgehead atoms. The van der Waals surface area contributed by atoms with Crippen LogP contribution in [0.5, 0.6) is 0 Å². The van der Waals surface area contributed by atoms with Crippen LogP contribution in [0.3, 0.4) is 0 Å². The lowest BCUT2D eigenvalue weighted by Crippen LogP contribution is -1.91. The maximum Gasteiger partial charge on any atom is 0.136 e. The number of fused-ring (bicyclic) bond motifs is 6. The molecule has 1 nitrogen and oxygen atoms in total. The Balaban J connectivity index is 1.28. The number of benzene rings is 8. The van der Waals surface area contributed by atoms with Crippen LogP contribution in [-0.4, -0.2) is 0 Å². The van der Waals surface area contributed by atoms with E-state index in [2.05, 4.69) is 109 Å². The highest BCUT2D eigenvalue weighted by atomic mass is 16.3. The maximum atomic E-state index is 8.48. The Bertz CT molecular complexity index is 2700. The molecule has 8 aromatic carbocycles. The summed E-state index contributed by atoms with van der Waals surface area (Å²) in [5, 5.41) is 8.79. The van der Waals surface area contributed by atoms with E-state index in [1.165, 1.54) is 32.7 Å². The van der Waals surface area contributed by atoms with Gasteiger partial charge in [-0.15, -0.1) is 0 Å². The molecule has 200 valence electrons. The van der Waals surface area contributed by atoms with E-state index >= 15 is 0 Å². The molecule has 9 aromatic rings. The highest BCUT2D eigenvalue weighted by Gasteiger charge is 2.19. The van der Waals surface area contributed by atoms with Crippen LogP contribution in [0.15, 0.2) is 162 Å². The van der Waals surface area contributed by atoms with E-state index in [1.807, 2.05) is 12.1 Å². The number of hydrogen-bond donors (Lipinski definition) is 0. The molecule has 0 amide bonds. The first-order chi connectivity index (χ1) is 23.4. The molecule has 0 spiro atoms. The molecule has 43 heavy (non-hydrogen) atoms. The Labute approximate surface area is 256 Å². The molecule has 0 aliphatic carbocycles. The zero-order chi connectivity index (χ0) is 32.7. The molecule has 0 unspecified atom stereocenters. The molecule has 0 aliphatic rings. The second-order valence-electron chi connectivity index (χ2n) is 10.9. The van der Waals surface area contributed by atoms with E-state index in [9.17, 15) is 0 Å². The SMILES string of the molecule is [2H]c1c([2H])c([2H])c(-c2ccc3oc4cc(-c5c6ccccc6c(-c6cccc7ccccc67)c6ccccc56)ccc4c3c2)c([2H])c1[2H]. The van der Waals surface area contributed by atoms with Gasteiger partial charge in [0.15, 0.2) is 0 Å². The standard InChI is InChI=1S/C42H26O/c1-2-11-27(12-3-1)29-22-24-39-38(25-29)32-23-21-30(26-40(32)43-39)41-34-16-6-8-18-36(34)42(37-19-9-7-17-35(37)41)33-20-10-14-28-13-4-5-15-31(28)33/h1-26H/i1D,2D,3D,11D,12D. The summed E-state index contributed by atoms with van der Waals surface area (Å²) in [6.07, 6.45) is 0. The summed E-state index contributed by atoms with van der Waals surface area (Å²) < 4.78 is 47.6. The van der Waals surface area contributed by atoms with Gasteiger partial charge < -0.3 is 4.42 Å². The van der Waals surface area contributed by atoms with Crippen molar-refractivity contribution in [1.29, 1.82) is 0 Å². The second-order valence-corrected chi connectivity index (χ2v) is 10.9. The largest absolute Gasteiger partial charge is 0.456 e. The van der Waals surface area contributed by atoms with Crippen molar-refractivity contribution in [2.24, 2.45) is 0 Å². The predicted molar refractivity (Wildman–Crippen MR) is 183 cm³/mol. The Morgan fingerprint density at radius 1 is 0.395 bits per heavy atom. The fourth-order valence-corrected chi connectivity index (χ4v) is 6.66. The fourth-order valence-electron chi connectivity index (χ4n) is 6.66. The minimum Gasteiger partial charge on any atom is -0.456 e. The van der Waals surface area contributed by atoms with E-state index in [0.717, 1.165) is 32.7 Å². The normalized spacial score (nSPS) is 13.3. The Morgan fingerprint density at radius 3 is 1.77 bits per heavy atom. The highest BCUT2D eigenvalue weighted by molar-refractivity contribution is 6.24. The lowest BCUT2D eigenvalue weighted by atomic mass is 9.84. The molecule has 0 saturated carbocycles. The van der Waals surface area contributed by atoms with Crippen molar-refractivity contribution in [3.63, 3.8) is 0 Å². The van der Waals surface area contributed by atoms with Crippen LogP contribution < -0.4 is 0 Å². The first-order valence-corrected chi connectivity index (χ1v) is 14.4. The molecular weight excluding hydrogens is 520 g/mol. The molecule has 0 aliphatic heterocycles. The Hall–Kier alpha value is -5.66. The first-order valence-electron chi connectivity index (χ1n) is 16.9. The van der Waals surface area contributed by atoms with Gasteiger partial charge in [0.2, 0.25) is 0 Å². The molecular formula is C42H26O. The van der Waals surface area contributed by atoms with Gasteiger partial charge >= 0.3 is 0 Å². The Kier molecular flexibility index (Phi) is 4.27. The molecule has 0 atom stereocenters. The van der Waals surface area contributed by atoms with Crippen LogP contribution in [0.25, 0.3) is 87.6 Å². The lowest BCUT2D eigenvalue weighted by Gasteiger charge is -2.18. The van der Waals surface area contributed by atoms with Crippen molar-refractivity contribution in [2.75, 3.05) is 0 Å². The summed E-state index contributed by atoms with van der Waals surface area (Å²) in [7, 11) is 0. The van der Waals surface area contributed by atoms with Gasteiger partial charge in [-0.25, -0.2) is 0 Å². The smallest absolute Gasteiger partial charge is 0.136 e. The van der Waals surface area contributed by atoms with E-state index in [0.29, 0.717) is 16.7 Å². The van der Waals surface area contributed by atoms with Crippen molar-refractivity contribution >= 4 is 54.3 Å². The average Bonchev–Trinajstić information content (AvgIpc) is 3.49. The quantitative estimate of drug-likeness (QED) is 0.199. The third-order valence-corrected chi connectivity index (χ3v) is 8.54. The van der Waals surface area contributed by atoms with Gasteiger partial charge in [-0.2, -0.15) is 0 Å².